The Morgan fingerprint density at radius 1 is 1.20 bits per heavy atom. The van der Waals surface area contributed by atoms with Gasteiger partial charge in [0.05, 0.1) is 24.5 Å². The molecule has 0 fully saturated rings. The molecule has 1 aliphatic heterocycles. The first-order valence-corrected chi connectivity index (χ1v) is 6.92. The molecule has 0 atom stereocenters. The predicted octanol–water partition coefficient (Wildman–Crippen LogP) is 1.37. The second kappa shape index (κ2) is 5.50. The van der Waals surface area contributed by atoms with Crippen LogP contribution in [-0.2, 0) is 13.1 Å². The van der Waals surface area contributed by atoms with Crippen molar-refractivity contribution < 1.29 is 4.52 Å². The first-order chi connectivity index (χ1) is 9.81. The van der Waals surface area contributed by atoms with Crippen LogP contribution >= 0.6 is 0 Å². The highest BCUT2D eigenvalue weighted by atomic mass is 16.5. The molecule has 0 aliphatic carbocycles. The Kier molecular flexibility index (Phi) is 3.56. The van der Waals surface area contributed by atoms with E-state index in [2.05, 4.69) is 51.1 Å². The summed E-state index contributed by atoms with van der Waals surface area (Å²) >= 11 is 0. The average molecular weight is 273 g/mol. The highest BCUT2D eigenvalue weighted by Crippen LogP contribution is 2.33. The second-order valence-corrected chi connectivity index (χ2v) is 4.80. The summed E-state index contributed by atoms with van der Waals surface area (Å²) in [5, 5.41) is 3.97. The molecular weight excluding hydrogens is 254 g/mol. The van der Waals surface area contributed by atoms with Gasteiger partial charge in [-0.05, 0) is 19.1 Å². The van der Waals surface area contributed by atoms with Crippen molar-refractivity contribution in [1.29, 1.82) is 0 Å². The Balaban J connectivity index is 1.84. The smallest absolute Gasteiger partial charge is 0.240 e. The van der Waals surface area contributed by atoms with E-state index in [1.54, 1.807) is 0 Å². The number of hydrogen-bond acceptors (Lipinski definition) is 6. The fourth-order valence-electron chi connectivity index (χ4n) is 2.58. The van der Waals surface area contributed by atoms with E-state index in [0.29, 0.717) is 18.3 Å². The molecule has 106 valence electrons. The molecular formula is C14H19N5O. The van der Waals surface area contributed by atoms with Crippen molar-refractivity contribution in [2.75, 3.05) is 29.4 Å². The number of anilines is 2. The van der Waals surface area contributed by atoms with Gasteiger partial charge in [0.2, 0.25) is 5.89 Å². The van der Waals surface area contributed by atoms with Gasteiger partial charge in [0.25, 0.3) is 0 Å². The van der Waals surface area contributed by atoms with E-state index >= 15 is 0 Å². The van der Waals surface area contributed by atoms with E-state index in [1.165, 1.54) is 11.4 Å². The maximum Gasteiger partial charge on any atom is 0.240 e. The third-order valence-corrected chi connectivity index (χ3v) is 3.60. The van der Waals surface area contributed by atoms with Crippen molar-refractivity contribution in [2.24, 2.45) is 5.73 Å². The number of nitrogens with zero attached hydrogens (tertiary/aromatic N) is 4. The molecule has 1 aromatic carbocycles. The Hall–Kier alpha value is -2.08. The Morgan fingerprint density at radius 3 is 2.55 bits per heavy atom. The molecule has 0 unspecified atom stereocenters. The minimum Gasteiger partial charge on any atom is -0.368 e. The van der Waals surface area contributed by atoms with E-state index in [-0.39, 0.29) is 6.54 Å². The Morgan fingerprint density at radius 2 is 1.90 bits per heavy atom. The number of para-hydroxylation sites is 2. The standard InChI is InChI=1S/C14H19N5O/c1-2-18-7-8-19(12-6-4-3-5-11(12)18)10-13-16-14(9-15)20-17-13/h3-6H,2,7-10,15H2,1H3. The van der Waals surface area contributed by atoms with E-state index in [0.717, 1.165) is 19.6 Å². The molecule has 6 heteroatoms. The largest absolute Gasteiger partial charge is 0.368 e. The lowest BCUT2D eigenvalue weighted by Gasteiger charge is -2.37. The van der Waals surface area contributed by atoms with Crippen LogP contribution in [0.1, 0.15) is 18.6 Å². The summed E-state index contributed by atoms with van der Waals surface area (Å²) in [6, 6.07) is 8.44. The maximum absolute atomic E-state index is 5.49. The third-order valence-electron chi connectivity index (χ3n) is 3.60. The highest BCUT2D eigenvalue weighted by Gasteiger charge is 2.22. The van der Waals surface area contributed by atoms with Crippen LogP contribution in [0.5, 0.6) is 0 Å². The second-order valence-electron chi connectivity index (χ2n) is 4.80. The molecule has 1 aliphatic rings. The monoisotopic (exact) mass is 273 g/mol. The lowest BCUT2D eigenvalue weighted by Crippen LogP contribution is -2.40. The van der Waals surface area contributed by atoms with Crippen molar-refractivity contribution >= 4 is 11.4 Å². The van der Waals surface area contributed by atoms with Crippen molar-refractivity contribution in [1.82, 2.24) is 10.1 Å². The SMILES string of the molecule is CCN1CCN(Cc2noc(CN)n2)c2ccccc21. The fraction of sp³-hybridized carbons (Fsp3) is 0.429. The Bertz CT molecular complexity index is 582. The maximum atomic E-state index is 5.49. The van der Waals surface area contributed by atoms with Crippen LogP contribution in [0.25, 0.3) is 0 Å². The van der Waals surface area contributed by atoms with Crippen LogP contribution in [0.4, 0.5) is 11.4 Å². The van der Waals surface area contributed by atoms with Crippen molar-refractivity contribution in [3.63, 3.8) is 0 Å². The molecule has 0 saturated heterocycles. The molecule has 0 saturated carbocycles. The van der Waals surface area contributed by atoms with Gasteiger partial charge in [-0.15, -0.1) is 0 Å². The summed E-state index contributed by atoms with van der Waals surface area (Å²) in [6.45, 7) is 6.10. The summed E-state index contributed by atoms with van der Waals surface area (Å²) in [5.74, 6) is 1.17. The molecule has 0 amide bonds. The molecule has 20 heavy (non-hydrogen) atoms. The fourth-order valence-corrected chi connectivity index (χ4v) is 2.58. The lowest BCUT2D eigenvalue weighted by molar-refractivity contribution is 0.374. The van der Waals surface area contributed by atoms with Gasteiger partial charge >= 0.3 is 0 Å². The average Bonchev–Trinajstić information content (AvgIpc) is 2.95. The molecule has 2 N–H and O–H groups in total. The number of nitrogens with two attached hydrogens (primary N) is 1. The first kappa shape index (κ1) is 12.9. The molecule has 0 bridgehead atoms. The minimum atomic E-state index is 0.285. The van der Waals surface area contributed by atoms with Gasteiger partial charge in [-0.25, -0.2) is 0 Å². The normalized spacial score (nSPS) is 14.5. The molecule has 0 radical (unpaired) electrons. The van der Waals surface area contributed by atoms with Gasteiger partial charge < -0.3 is 20.1 Å². The highest BCUT2D eigenvalue weighted by molar-refractivity contribution is 5.73. The summed E-state index contributed by atoms with van der Waals surface area (Å²) in [6.07, 6.45) is 0. The topological polar surface area (TPSA) is 71.4 Å². The number of benzene rings is 1. The zero-order valence-corrected chi connectivity index (χ0v) is 11.6. The van der Waals surface area contributed by atoms with Crippen LogP contribution in [-0.4, -0.2) is 29.8 Å². The zero-order valence-electron chi connectivity index (χ0n) is 11.6. The van der Waals surface area contributed by atoms with Crippen LogP contribution < -0.4 is 15.5 Å². The molecule has 0 spiro atoms. The number of fused-ring (bicyclic) bond motifs is 1. The van der Waals surface area contributed by atoms with Gasteiger partial charge in [-0.1, -0.05) is 17.3 Å². The minimum absolute atomic E-state index is 0.285. The number of likely N-dealkylation sites (N-methyl/N-ethyl adjacent to an activating group) is 1. The van der Waals surface area contributed by atoms with Crippen LogP contribution in [0, 0.1) is 0 Å². The van der Waals surface area contributed by atoms with E-state index < -0.39 is 0 Å². The van der Waals surface area contributed by atoms with E-state index in [9.17, 15) is 0 Å². The molecule has 6 nitrogen and oxygen atoms in total. The van der Waals surface area contributed by atoms with Gasteiger partial charge in [0, 0.05) is 19.6 Å². The number of aromatic nitrogens is 2. The van der Waals surface area contributed by atoms with Crippen LogP contribution in [0.2, 0.25) is 0 Å². The predicted molar refractivity (Wildman–Crippen MR) is 77.6 cm³/mol. The summed E-state index contributed by atoms with van der Waals surface area (Å²) in [7, 11) is 0. The summed E-state index contributed by atoms with van der Waals surface area (Å²) in [5.41, 5.74) is 7.98. The summed E-state index contributed by atoms with van der Waals surface area (Å²) in [4.78, 5) is 8.94. The van der Waals surface area contributed by atoms with Gasteiger partial charge in [-0.3, -0.25) is 0 Å². The molecule has 2 aromatic rings. The van der Waals surface area contributed by atoms with E-state index in [4.69, 9.17) is 10.3 Å². The molecule has 1 aromatic heterocycles. The zero-order chi connectivity index (χ0) is 13.9. The molecule has 2 heterocycles. The van der Waals surface area contributed by atoms with Crippen molar-refractivity contribution in [2.45, 2.75) is 20.0 Å². The van der Waals surface area contributed by atoms with Gasteiger partial charge in [0.15, 0.2) is 5.82 Å². The van der Waals surface area contributed by atoms with Crippen LogP contribution in [0.3, 0.4) is 0 Å². The lowest BCUT2D eigenvalue weighted by atomic mass is 10.1. The Labute approximate surface area is 118 Å². The van der Waals surface area contributed by atoms with Crippen LogP contribution in [0.15, 0.2) is 28.8 Å². The van der Waals surface area contributed by atoms with Gasteiger partial charge in [0.1, 0.15) is 0 Å². The summed E-state index contributed by atoms with van der Waals surface area (Å²) < 4.78 is 5.06. The third kappa shape index (κ3) is 2.34. The van der Waals surface area contributed by atoms with Crippen molar-refractivity contribution in [3.05, 3.63) is 36.0 Å². The first-order valence-electron chi connectivity index (χ1n) is 6.92. The molecule has 3 rings (SSSR count). The number of hydrogen-bond donors (Lipinski definition) is 1. The quantitative estimate of drug-likeness (QED) is 0.907. The van der Waals surface area contributed by atoms with Crippen molar-refractivity contribution in [3.8, 4) is 0 Å². The number of rotatable bonds is 4. The van der Waals surface area contributed by atoms with Gasteiger partial charge in [-0.2, -0.15) is 4.98 Å². The van der Waals surface area contributed by atoms with E-state index in [1.807, 2.05) is 0 Å².